The van der Waals surface area contributed by atoms with Crippen LogP contribution in [0.1, 0.15) is 33.1 Å². The molecule has 0 aliphatic carbocycles. The highest BCUT2D eigenvalue weighted by molar-refractivity contribution is 4.90. The zero-order chi connectivity index (χ0) is 12.4. The van der Waals surface area contributed by atoms with Crippen LogP contribution in [-0.4, -0.2) is 51.3 Å². The summed E-state index contributed by atoms with van der Waals surface area (Å²) in [5, 5.41) is 3.35. The fourth-order valence-electron chi connectivity index (χ4n) is 3.14. The third-order valence-corrected chi connectivity index (χ3v) is 4.51. The second-order valence-corrected chi connectivity index (χ2v) is 6.77. The molecule has 2 rings (SSSR count). The quantitative estimate of drug-likeness (QED) is 0.810. The van der Waals surface area contributed by atoms with Crippen molar-refractivity contribution < 1.29 is 4.74 Å². The number of ether oxygens (including phenoxy) is 1. The minimum atomic E-state index is 0.371. The summed E-state index contributed by atoms with van der Waals surface area (Å²) >= 11 is 0. The fourth-order valence-corrected chi connectivity index (χ4v) is 3.14. The standard InChI is InChI=1S/C14H28N2O/c1-13(2)4-7-16(8-5-13)11-14(10-15-3)6-9-17-12-14/h15H,4-12H2,1-3H3. The lowest BCUT2D eigenvalue weighted by Gasteiger charge is -2.41. The van der Waals surface area contributed by atoms with Crippen molar-refractivity contribution in [3.05, 3.63) is 0 Å². The van der Waals surface area contributed by atoms with Crippen LogP contribution in [0.15, 0.2) is 0 Å². The van der Waals surface area contributed by atoms with Gasteiger partial charge in [0.15, 0.2) is 0 Å². The maximum Gasteiger partial charge on any atom is 0.0547 e. The number of piperidine rings is 1. The highest BCUT2D eigenvalue weighted by Gasteiger charge is 2.37. The number of hydrogen-bond donors (Lipinski definition) is 1. The van der Waals surface area contributed by atoms with Gasteiger partial charge < -0.3 is 15.0 Å². The Morgan fingerprint density at radius 1 is 1.18 bits per heavy atom. The molecule has 3 heteroatoms. The Hall–Kier alpha value is -0.120. The summed E-state index contributed by atoms with van der Waals surface area (Å²) in [6.07, 6.45) is 3.89. The summed E-state index contributed by atoms with van der Waals surface area (Å²) in [5.41, 5.74) is 0.926. The molecule has 100 valence electrons. The third kappa shape index (κ3) is 3.43. The number of nitrogens with one attached hydrogen (secondary N) is 1. The van der Waals surface area contributed by atoms with Crippen LogP contribution in [0, 0.1) is 10.8 Å². The van der Waals surface area contributed by atoms with E-state index in [9.17, 15) is 0 Å². The summed E-state index contributed by atoms with van der Waals surface area (Å²) in [6, 6.07) is 0. The van der Waals surface area contributed by atoms with Gasteiger partial charge in [-0.3, -0.25) is 0 Å². The fraction of sp³-hybridized carbons (Fsp3) is 1.00. The Labute approximate surface area is 106 Å². The lowest BCUT2D eigenvalue weighted by Crippen LogP contribution is -2.47. The minimum absolute atomic E-state index is 0.371. The van der Waals surface area contributed by atoms with Gasteiger partial charge in [0.1, 0.15) is 0 Å². The molecule has 0 aromatic rings. The molecule has 0 saturated carbocycles. The van der Waals surface area contributed by atoms with Crippen LogP contribution in [-0.2, 0) is 4.74 Å². The Balaban J connectivity index is 1.87. The lowest BCUT2D eigenvalue weighted by atomic mass is 9.80. The second kappa shape index (κ2) is 5.25. The molecule has 1 N–H and O–H groups in total. The molecule has 2 aliphatic heterocycles. The van der Waals surface area contributed by atoms with Gasteiger partial charge in [-0.15, -0.1) is 0 Å². The highest BCUT2D eigenvalue weighted by atomic mass is 16.5. The van der Waals surface area contributed by atoms with Gasteiger partial charge in [0, 0.05) is 25.1 Å². The molecule has 0 aromatic carbocycles. The molecule has 3 nitrogen and oxygen atoms in total. The van der Waals surface area contributed by atoms with Gasteiger partial charge in [-0.2, -0.15) is 0 Å². The van der Waals surface area contributed by atoms with E-state index in [1.807, 2.05) is 0 Å². The van der Waals surface area contributed by atoms with Crippen LogP contribution in [0.5, 0.6) is 0 Å². The van der Waals surface area contributed by atoms with Crippen molar-refractivity contribution in [1.82, 2.24) is 10.2 Å². The predicted molar refractivity (Wildman–Crippen MR) is 71.3 cm³/mol. The average Bonchev–Trinajstić information content (AvgIpc) is 2.71. The predicted octanol–water partition coefficient (Wildman–Crippen LogP) is 1.73. The first kappa shape index (κ1) is 13.3. The largest absolute Gasteiger partial charge is 0.381 e. The van der Waals surface area contributed by atoms with Gasteiger partial charge >= 0.3 is 0 Å². The van der Waals surface area contributed by atoms with E-state index in [1.165, 1.54) is 38.9 Å². The van der Waals surface area contributed by atoms with Crippen LogP contribution < -0.4 is 5.32 Å². The molecule has 0 amide bonds. The maximum absolute atomic E-state index is 5.63. The summed E-state index contributed by atoms with van der Waals surface area (Å²) in [4.78, 5) is 2.65. The van der Waals surface area contributed by atoms with Crippen LogP contribution in [0.4, 0.5) is 0 Å². The van der Waals surface area contributed by atoms with Crippen molar-refractivity contribution in [2.45, 2.75) is 33.1 Å². The molecule has 2 fully saturated rings. The van der Waals surface area contributed by atoms with Crippen molar-refractivity contribution >= 4 is 0 Å². The van der Waals surface area contributed by atoms with E-state index in [2.05, 4.69) is 31.1 Å². The van der Waals surface area contributed by atoms with E-state index in [-0.39, 0.29) is 0 Å². The van der Waals surface area contributed by atoms with Gasteiger partial charge in [-0.1, -0.05) is 13.8 Å². The second-order valence-electron chi connectivity index (χ2n) is 6.77. The zero-order valence-corrected chi connectivity index (χ0v) is 11.7. The monoisotopic (exact) mass is 240 g/mol. The van der Waals surface area contributed by atoms with E-state index in [4.69, 9.17) is 4.74 Å². The molecule has 2 saturated heterocycles. The molecular weight excluding hydrogens is 212 g/mol. The van der Waals surface area contributed by atoms with Crippen molar-refractivity contribution in [3.63, 3.8) is 0 Å². The molecule has 0 aromatic heterocycles. The topological polar surface area (TPSA) is 24.5 Å². The van der Waals surface area contributed by atoms with E-state index in [0.717, 1.165) is 19.8 Å². The Morgan fingerprint density at radius 2 is 1.88 bits per heavy atom. The number of rotatable bonds is 4. The molecule has 0 spiro atoms. The van der Waals surface area contributed by atoms with Crippen molar-refractivity contribution in [2.75, 3.05) is 46.4 Å². The van der Waals surface area contributed by atoms with Gasteiger partial charge in [-0.05, 0) is 44.8 Å². The van der Waals surface area contributed by atoms with Gasteiger partial charge in [0.25, 0.3) is 0 Å². The van der Waals surface area contributed by atoms with E-state index in [0.29, 0.717) is 10.8 Å². The Morgan fingerprint density at radius 3 is 2.41 bits per heavy atom. The summed E-state index contributed by atoms with van der Waals surface area (Å²) in [6.45, 7) is 11.5. The first-order valence-corrected chi connectivity index (χ1v) is 7.00. The molecule has 17 heavy (non-hydrogen) atoms. The van der Waals surface area contributed by atoms with Crippen LogP contribution in [0.3, 0.4) is 0 Å². The van der Waals surface area contributed by atoms with Crippen molar-refractivity contribution in [2.24, 2.45) is 10.8 Å². The van der Waals surface area contributed by atoms with E-state index >= 15 is 0 Å². The van der Waals surface area contributed by atoms with Gasteiger partial charge in [0.2, 0.25) is 0 Å². The SMILES string of the molecule is CNCC1(CN2CCC(C)(C)CC2)CCOC1. The molecule has 1 atom stereocenters. The number of hydrogen-bond acceptors (Lipinski definition) is 3. The molecule has 0 radical (unpaired) electrons. The summed E-state index contributed by atoms with van der Waals surface area (Å²) in [7, 11) is 2.05. The first-order chi connectivity index (χ1) is 8.05. The minimum Gasteiger partial charge on any atom is -0.381 e. The average molecular weight is 240 g/mol. The van der Waals surface area contributed by atoms with Crippen LogP contribution in [0.2, 0.25) is 0 Å². The van der Waals surface area contributed by atoms with E-state index < -0.39 is 0 Å². The lowest BCUT2D eigenvalue weighted by molar-refractivity contribution is 0.0700. The van der Waals surface area contributed by atoms with Crippen LogP contribution in [0.25, 0.3) is 0 Å². The van der Waals surface area contributed by atoms with Crippen molar-refractivity contribution in [1.29, 1.82) is 0 Å². The third-order valence-electron chi connectivity index (χ3n) is 4.51. The molecule has 2 heterocycles. The highest BCUT2D eigenvalue weighted by Crippen LogP contribution is 2.34. The number of nitrogens with zero attached hydrogens (tertiary/aromatic N) is 1. The first-order valence-electron chi connectivity index (χ1n) is 7.00. The molecular formula is C14H28N2O. The normalized spacial score (nSPS) is 34.1. The van der Waals surface area contributed by atoms with E-state index in [1.54, 1.807) is 0 Å². The zero-order valence-electron chi connectivity index (χ0n) is 11.7. The molecule has 1 unspecified atom stereocenters. The smallest absolute Gasteiger partial charge is 0.0547 e. The Bertz CT molecular complexity index is 237. The maximum atomic E-state index is 5.63. The van der Waals surface area contributed by atoms with Gasteiger partial charge in [0.05, 0.1) is 6.61 Å². The molecule has 0 bridgehead atoms. The van der Waals surface area contributed by atoms with Crippen molar-refractivity contribution in [3.8, 4) is 0 Å². The molecule has 2 aliphatic rings. The summed E-state index contributed by atoms with van der Waals surface area (Å²) in [5.74, 6) is 0. The Kier molecular flexibility index (Phi) is 4.11. The van der Waals surface area contributed by atoms with Crippen LogP contribution >= 0.6 is 0 Å². The van der Waals surface area contributed by atoms with Gasteiger partial charge in [-0.25, -0.2) is 0 Å². The number of likely N-dealkylation sites (tertiary alicyclic amines) is 1. The summed E-state index contributed by atoms with van der Waals surface area (Å²) < 4.78 is 5.63.